The maximum Gasteiger partial charge on any atom is 0.271 e. The van der Waals surface area contributed by atoms with Crippen molar-refractivity contribution >= 4 is 56.4 Å². The fourth-order valence-electron chi connectivity index (χ4n) is 4.82. The van der Waals surface area contributed by atoms with Crippen LogP contribution in [0.15, 0.2) is 77.7 Å². The molecule has 3 aromatic carbocycles. The number of carbonyl (C=O) groups is 2. The molecule has 2 amide bonds. The van der Waals surface area contributed by atoms with Crippen molar-refractivity contribution < 1.29 is 22.9 Å². The molecule has 10 nitrogen and oxygen atoms in total. The Hall–Kier alpha value is -3.67. The number of amides is 2. The summed E-state index contributed by atoms with van der Waals surface area (Å²) in [6, 6.07) is 16.2. The average molecular weight is 634 g/mol. The Labute approximate surface area is 254 Å². The number of benzene rings is 3. The summed E-state index contributed by atoms with van der Waals surface area (Å²) in [4.78, 5) is 39.3. The second-order valence-electron chi connectivity index (χ2n) is 10.0. The molecule has 1 N–H and O–H groups in total. The molecule has 13 heteroatoms. The van der Waals surface area contributed by atoms with Gasteiger partial charge in [0.2, 0.25) is 11.8 Å². The van der Waals surface area contributed by atoms with E-state index < -0.39 is 33.4 Å². The molecule has 4 rings (SSSR count). The molecule has 0 heterocycles. The van der Waals surface area contributed by atoms with Crippen molar-refractivity contribution in [3.63, 3.8) is 0 Å². The van der Waals surface area contributed by atoms with E-state index in [2.05, 4.69) is 5.32 Å². The summed E-state index contributed by atoms with van der Waals surface area (Å²) < 4.78 is 28.5. The van der Waals surface area contributed by atoms with Crippen LogP contribution in [0.4, 0.5) is 11.4 Å². The Morgan fingerprint density at radius 1 is 1.02 bits per heavy atom. The molecule has 0 bridgehead atoms. The first-order valence-corrected chi connectivity index (χ1v) is 15.5. The lowest BCUT2D eigenvalue weighted by atomic mass is 10.1. The smallest absolute Gasteiger partial charge is 0.271 e. The predicted octanol–water partition coefficient (Wildman–Crippen LogP) is 5.57. The maximum absolute atomic E-state index is 14.0. The fourth-order valence-corrected chi connectivity index (χ4v) is 6.71. The molecule has 3 aromatic rings. The minimum atomic E-state index is -4.36. The highest BCUT2D eigenvalue weighted by atomic mass is 35.5. The van der Waals surface area contributed by atoms with Crippen molar-refractivity contribution in [2.75, 3.05) is 10.8 Å². The van der Waals surface area contributed by atoms with Crippen molar-refractivity contribution in [1.29, 1.82) is 0 Å². The Morgan fingerprint density at radius 3 is 2.36 bits per heavy atom. The van der Waals surface area contributed by atoms with Gasteiger partial charge in [-0.15, -0.1) is 0 Å². The summed E-state index contributed by atoms with van der Waals surface area (Å²) in [6.07, 6.45) is 3.67. The summed E-state index contributed by atoms with van der Waals surface area (Å²) >= 11 is 12.5. The van der Waals surface area contributed by atoms with E-state index >= 15 is 0 Å². The zero-order valence-corrected chi connectivity index (χ0v) is 25.1. The lowest BCUT2D eigenvalue weighted by molar-refractivity contribution is -0.384. The third-order valence-electron chi connectivity index (χ3n) is 7.16. The second-order valence-corrected chi connectivity index (χ2v) is 12.7. The van der Waals surface area contributed by atoms with Gasteiger partial charge >= 0.3 is 0 Å². The van der Waals surface area contributed by atoms with E-state index in [1.54, 1.807) is 25.1 Å². The summed E-state index contributed by atoms with van der Waals surface area (Å²) in [7, 11) is -4.36. The molecule has 0 aliphatic heterocycles. The van der Waals surface area contributed by atoms with E-state index in [4.69, 9.17) is 23.2 Å². The summed E-state index contributed by atoms with van der Waals surface area (Å²) in [5.41, 5.74) is 0.0824. The lowest BCUT2D eigenvalue weighted by Crippen LogP contribution is -2.52. The van der Waals surface area contributed by atoms with Crippen LogP contribution in [0.2, 0.25) is 10.0 Å². The lowest BCUT2D eigenvalue weighted by Gasteiger charge is -2.32. The normalized spacial score (nSPS) is 14.3. The minimum Gasteiger partial charge on any atom is -0.352 e. The van der Waals surface area contributed by atoms with Crippen LogP contribution in [0.1, 0.15) is 38.2 Å². The zero-order valence-electron chi connectivity index (χ0n) is 22.8. The van der Waals surface area contributed by atoms with E-state index in [0.29, 0.717) is 10.6 Å². The molecule has 222 valence electrons. The van der Waals surface area contributed by atoms with Crippen molar-refractivity contribution in [1.82, 2.24) is 10.2 Å². The SMILES string of the molecule is CC(C(=O)NC1CCCC1)N(Cc1ccc(Cl)cc1Cl)C(=O)CN(c1cccc([N+](=O)[O-])c1)S(=O)(=O)c1ccccc1. The molecule has 1 atom stereocenters. The molecular formula is C29H30Cl2N4O6S. The zero-order chi connectivity index (χ0) is 30.4. The van der Waals surface area contributed by atoms with E-state index in [1.165, 1.54) is 53.4 Å². The molecule has 1 saturated carbocycles. The van der Waals surface area contributed by atoms with Gasteiger partial charge in [-0.1, -0.05) is 66.4 Å². The van der Waals surface area contributed by atoms with Gasteiger partial charge in [0.15, 0.2) is 0 Å². The Balaban J connectivity index is 1.73. The largest absolute Gasteiger partial charge is 0.352 e. The molecule has 1 unspecified atom stereocenters. The number of nitrogens with one attached hydrogen (secondary N) is 1. The topological polar surface area (TPSA) is 130 Å². The van der Waals surface area contributed by atoms with E-state index in [-0.39, 0.29) is 39.8 Å². The number of hydrogen-bond acceptors (Lipinski definition) is 6. The molecular weight excluding hydrogens is 603 g/mol. The van der Waals surface area contributed by atoms with Crippen molar-refractivity contribution in [2.45, 2.75) is 56.1 Å². The molecule has 0 spiro atoms. The fraction of sp³-hybridized carbons (Fsp3) is 0.310. The standard InChI is InChI=1S/C29H30Cl2N4O6S/c1-20(29(37)32-23-8-5-6-9-23)33(18-21-14-15-22(30)16-27(21)31)28(36)19-34(24-10-7-11-25(17-24)35(38)39)42(40,41)26-12-3-2-4-13-26/h2-4,7,10-17,20,23H,5-6,8-9,18-19H2,1H3,(H,32,37). The summed E-state index contributed by atoms with van der Waals surface area (Å²) in [6.45, 7) is 0.725. The monoisotopic (exact) mass is 632 g/mol. The number of nitro benzene ring substituents is 1. The molecule has 1 aliphatic rings. The average Bonchev–Trinajstić information content (AvgIpc) is 3.48. The summed E-state index contributed by atoms with van der Waals surface area (Å²) in [5, 5.41) is 15.1. The number of nitro groups is 1. The van der Waals surface area contributed by atoms with Gasteiger partial charge in [0, 0.05) is 34.8 Å². The number of anilines is 1. The number of hydrogen-bond donors (Lipinski definition) is 1. The van der Waals surface area contributed by atoms with Gasteiger partial charge in [0.25, 0.3) is 15.7 Å². The van der Waals surface area contributed by atoms with Crippen molar-refractivity contribution in [2.24, 2.45) is 0 Å². The van der Waals surface area contributed by atoms with Crippen LogP contribution in [0.25, 0.3) is 0 Å². The molecule has 1 fully saturated rings. The van der Waals surface area contributed by atoms with Gasteiger partial charge in [-0.3, -0.25) is 24.0 Å². The number of sulfonamides is 1. The van der Waals surface area contributed by atoms with Crippen molar-refractivity contribution in [3.8, 4) is 0 Å². The number of rotatable bonds is 11. The molecule has 42 heavy (non-hydrogen) atoms. The minimum absolute atomic E-state index is 0.00385. The van der Waals surface area contributed by atoms with Gasteiger partial charge in [-0.05, 0) is 55.7 Å². The first kappa shape index (κ1) is 31.3. The highest BCUT2D eigenvalue weighted by molar-refractivity contribution is 7.92. The Kier molecular flexibility index (Phi) is 10.1. The number of carbonyl (C=O) groups excluding carboxylic acids is 2. The highest BCUT2D eigenvalue weighted by Gasteiger charge is 2.34. The van der Waals surface area contributed by atoms with Crippen molar-refractivity contribution in [3.05, 3.63) is 98.5 Å². The molecule has 1 aliphatic carbocycles. The first-order valence-electron chi connectivity index (χ1n) is 13.3. The Bertz CT molecular complexity index is 1570. The quantitative estimate of drug-likeness (QED) is 0.217. The van der Waals surface area contributed by atoms with Gasteiger partial charge in [0.05, 0.1) is 15.5 Å². The third-order valence-corrected chi connectivity index (χ3v) is 9.54. The predicted molar refractivity (Wildman–Crippen MR) is 161 cm³/mol. The van der Waals surface area contributed by atoms with Gasteiger partial charge in [-0.25, -0.2) is 8.42 Å². The van der Waals surface area contributed by atoms with Gasteiger partial charge in [-0.2, -0.15) is 0 Å². The number of non-ortho nitro benzene ring substituents is 1. The Morgan fingerprint density at radius 2 is 1.71 bits per heavy atom. The van der Waals surface area contributed by atoms with E-state index in [9.17, 15) is 28.1 Å². The van der Waals surface area contributed by atoms with Gasteiger partial charge in [0.1, 0.15) is 12.6 Å². The van der Waals surface area contributed by atoms with Crippen LogP contribution in [0.3, 0.4) is 0 Å². The molecule has 0 aromatic heterocycles. The van der Waals surface area contributed by atoms with Crippen LogP contribution in [-0.4, -0.2) is 48.7 Å². The maximum atomic E-state index is 14.0. The van der Waals surface area contributed by atoms with Crippen LogP contribution in [0, 0.1) is 10.1 Å². The van der Waals surface area contributed by atoms with Crippen LogP contribution in [0.5, 0.6) is 0 Å². The highest BCUT2D eigenvalue weighted by Crippen LogP contribution is 2.29. The third kappa shape index (κ3) is 7.39. The summed E-state index contributed by atoms with van der Waals surface area (Å²) in [5.74, 6) is -1.09. The number of nitrogens with zero attached hydrogens (tertiary/aromatic N) is 3. The second kappa shape index (κ2) is 13.5. The van der Waals surface area contributed by atoms with Crippen LogP contribution >= 0.6 is 23.2 Å². The first-order chi connectivity index (χ1) is 20.0. The van der Waals surface area contributed by atoms with Crippen LogP contribution < -0.4 is 9.62 Å². The molecule has 0 saturated heterocycles. The van der Waals surface area contributed by atoms with Crippen LogP contribution in [-0.2, 0) is 26.2 Å². The van der Waals surface area contributed by atoms with E-state index in [1.807, 2.05) is 0 Å². The molecule has 0 radical (unpaired) electrons. The van der Waals surface area contributed by atoms with E-state index in [0.717, 1.165) is 36.1 Å². The van der Waals surface area contributed by atoms with Gasteiger partial charge < -0.3 is 10.2 Å². The number of halogens is 2.